The molecule has 5 unspecified atom stereocenters. The van der Waals surface area contributed by atoms with Gasteiger partial charge in [0.1, 0.15) is 12.4 Å². The van der Waals surface area contributed by atoms with Gasteiger partial charge in [0.15, 0.2) is 0 Å². The number of ether oxygens (including phenoxy) is 1. The molecule has 0 aromatic heterocycles. The van der Waals surface area contributed by atoms with Gasteiger partial charge in [-0.25, -0.2) is 0 Å². The number of benzene rings is 1. The minimum atomic E-state index is -0.0569. The molecule has 5 atom stereocenters. The van der Waals surface area contributed by atoms with Gasteiger partial charge in [0.2, 0.25) is 5.91 Å². The van der Waals surface area contributed by atoms with E-state index in [0.29, 0.717) is 18.6 Å². The lowest BCUT2D eigenvalue weighted by Gasteiger charge is -2.38. The monoisotopic (exact) mass is 433 g/mol. The predicted octanol–water partition coefficient (Wildman–Crippen LogP) is 3.67. The number of rotatable bonds is 8. The molecule has 1 aromatic carbocycles. The maximum Gasteiger partial charge on any atom is 0.237 e. The minimum Gasteiger partial charge on any atom is -0.492 e. The van der Waals surface area contributed by atoms with Gasteiger partial charge in [-0.3, -0.25) is 14.6 Å². The highest BCUT2D eigenvalue weighted by atomic mass is 35.5. The second kappa shape index (κ2) is 9.88. The van der Waals surface area contributed by atoms with Crippen molar-refractivity contribution in [2.24, 2.45) is 17.8 Å². The molecular weight excluding hydrogens is 398 g/mol. The Kier molecular flexibility index (Phi) is 7.22. The van der Waals surface area contributed by atoms with E-state index >= 15 is 0 Å². The Morgan fingerprint density at radius 3 is 2.50 bits per heavy atom. The molecular formula is C24H36ClN3O2. The van der Waals surface area contributed by atoms with Crippen LogP contribution in [0, 0.1) is 17.8 Å². The Morgan fingerprint density at radius 1 is 1.13 bits per heavy atom. The van der Waals surface area contributed by atoms with Crippen LogP contribution in [0.15, 0.2) is 24.3 Å². The average molecular weight is 434 g/mol. The van der Waals surface area contributed by atoms with Crippen molar-refractivity contribution in [3.63, 3.8) is 0 Å². The van der Waals surface area contributed by atoms with Crippen molar-refractivity contribution >= 4 is 17.5 Å². The summed E-state index contributed by atoms with van der Waals surface area (Å²) >= 11 is 5.91. The number of halogens is 1. The molecule has 3 aliphatic rings. The second-order valence-electron chi connectivity index (χ2n) is 9.49. The van der Waals surface area contributed by atoms with E-state index in [2.05, 4.69) is 29.0 Å². The van der Waals surface area contributed by atoms with Crippen molar-refractivity contribution < 1.29 is 9.53 Å². The number of nitrogens with one attached hydrogen (secondary N) is 1. The van der Waals surface area contributed by atoms with Crippen LogP contribution >= 0.6 is 11.6 Å². The summed E-state index contributed by atoms with van der Waals surface area (Å²) in [6, 6.07) is 7.75. The van der Waals surface area contributed by atoms with Crippen LogP contribution in [0.25, 0.3) is 0 Å². The summed E-state index contributed by atoms with van der Waals surface area (Å²) in [5.41, 5.74) is 0. The quantitative estimate of drug-likeness (QED) is 0.679. The van der Waals surface area contributed by atoms with E-state index in [-0.39, 0.29) is 11.9 Å². The van der Waals surface area contributed by atoms with Crippen LogP contribution in [0.5, 0.6) is 5.75 Å². The maximum atomic E-state index is 12.9. The fraction of sp³-hybridized carbons (Fsp3) is 0.708. The number of piperazine rings is 1. The SMILES string of the molecule is CC(NC(=O)C(C)N1CCN(CCOc2ccc(Cl)cc2)CC1)C1CC2CCC1C2. The van der Waals surface area contributed by atoms with Crippen molar-refractivity contribution in [2.45, 2.75) is 51.6 Å². The van der Waals surface area contributed by atoms with Gasteiger partial charge in [-0.1, -0.05) is 18.0 Å². The zero-order valence-corrected chi connectivity index (χ0v) is 19.1. The molecule has 2 aliphatic carbocycles. The molecule has 6 heteroatoms. The van der Waals surface area contributed by atoms with E-state index in [0.717, 1.165) is 55.3 Å². The second-order valence-corrected chi connectivity index (χ2v) is 9.93. The molecule has 2 saturated carbocycles. The lowest BCUT2D eigenvalue weighted by molar-refractivity contribution is -0.127. The molecule has 3 fully saturated rings. The summed E-state index contributed by atoms with van der Waals surface area (Å²) in [6.07, 6.45) is 5.49. The third kappa shape index (κ3) is 5.30. The van der Waals surface area contributed by atoms with E-state index in [1.807, 2.05) is 24.3 Å². The van der Waals surface area contributed by atoms with Crippen LogP contribution in [0.1, 0.15) is 39.5 Å². The molecule has 2 bridgehead atoms. The third-order valence-corrected chi connectivity index (χ3v) is 7.88. The van der Waals surface area contributed by atoms with Crippen LogP contribution in [0.4, 0.5) is 0 Å². The van der Waals surface area contributed by atoms with E-state index in [9.17, 15) is 4.79 Å². The molecule has 1 heterocycles. The molecule has 1 aliphatic heterocycles. The smallest absolute Gasteiger partial charge is 0.237 e. The molecule has 0 spiro atoms. The van der Waals surface area contributed by atoms with Crippen LogP contribution < -0.4 is 10.1 Å². The Morgan fingerprint density at radius 2 is 1.87 bits per heavy atom. The molecule has 1 N–H and O–H groups in total. The van der Waals surface area contributed by atoms with E-state index in [1.54, 1.807) is 0 Å². The zero-order chi connectivity index (χ0) is 21.1. The Bertz CT molecular complexity index is 705. The summed E-state index contributed by atoms with van der Waals surface area (Å²) in [7, 11) is 0. The summed E-state index contributed by atoms with van der Waals surface area (Å²) in [5, 5.41) is 4.07. The fourth-order valence-corrected chi connectivity index (χ4v) is 5.85. The summed E-state index contributed by atoms with van der Waals surface area (Å²) < 4.78 is 5.81. The van der Waals surface area contributed by atoms with Crippen molar-refractivity contribution in [1.82, 2.24) is 15.1 Å². The van der Waals surface area contributed by atoms with Gasteiger partial charge in [-0.05, 0) is 75.1 Å². The first-order valence-electron chi connectivity index (χ1n) is 11.6. The highest BCUT2D eigenvalue weighted by Crippen LogP contribution is 2.49. The lowest BCUT2D eigenvalue weighted by Crippen LogP contribution is -2.55. The first kappa shape index (κ1) is 21.9. The molecule has 0 radical (unpaired) electrons. The van der Waals surface area contributed by atoms with E-state index in [1.165, 1.54) is 25.7 Å². The van der Waals surface area contributed by atoms with E-state index in [4.69, 9.17) is 16.3 Å². The highest BCUT2D eigenvalue weighted by molar-refractivity contribution is 6.30. The van der Waals surface area contributed by atoms with Crippen LogP contribution in [-0.4, -0.2) is 67.1 Å². The van der Waals surface area contributed by atoms with Gasteiger partial charge in [0, 0.05) is 43.8 Å². The van der Waals surface area contributed by atoms with Crippen molar-refractivity contribution in [3.05, 3.63) is 29.3 Å². The number of carbonyl (C=O) groups excluding carboxylic acids is 1. The molecule has 5 nitrogen and oxygen atoms in total. The highest BCUT2D eigenvalue weighted by Gasteiger charge is 2.42. The van der Waals surface area contributed by atoms with E-state index < -0.39 is 0 Å². The predicted molar refractivity (Wildman–Crippen MR) is 121 cm³/mol. The van der Waals surface area contributed by atoms with Gasteiger partial charge in [0.25, 0.3) is 0 Å². The van der Waals surface area contributed by atoms with Crippen LogP contribution in [0.3, 0.4) is 0 Å². The molecule has 1 saturated heterocycles. The number of amides is 1. The molecule has 1 aromatic rings. The molecule has 4 rings (SSSR count). The van der Waals surface area contributed by atoms with Gasteiger partial charge in [-0.15, -0.1) is 0 Å². The van der Waals surface area contributed by atoms with Gasteiger partial charge in [0.05, 0.1) is 6.04 Å². The largest absolute Gasteiger partial charge is 0.492 e. The molecule has 30 heavy (non-hydrogen) atoms. The van der Waals surface area contributed by atoms with Crippen molar-refractivity contribution in [2.75, 3.05) is 39.3 Å². The van der Waals surface area contributed by atoms with Crippen molar-refractivity contribution in [3.8, 4) is 5.75 Å². The fourth-order valence-electron chi connectivity index (χ4n) is 5.72. The Balaban J connectivity index is 1.15. The average Bonchev–Trinajstić information content (AvgIpc) is 3.39. The summed E-state index contributed by atoms with van der Waals surface area (Å²) in [5.74, 6) is 3.52. The number of hydrogen-bond donors (Lipinski definition) is 1. The Hall–Kier alpha value is -1.30. The summed E-state index contributed by atoms with van der Waals surface area (Å²) in [4.78, 5) is 17.6. The first-order valence-corrected chi connectivity index (χ1v) is 12.0. The van der Waals surface area contributed by atoms with Crippen LogP contribution in [0.2, 0.25) is 5.02 Å². The number of carbonyl (C=O) groups is 1. The standard InChI is InChI=1S/C24H36ClN3O2/c1-17(23-16-19-3-4-20(23)15-19)26-24(29)18(2)28-11-9-27(10-12-28)13-14-30-22-7-5-21(25)6-8-22/h5-8,17-20,23H,3-4,9-16H2,1-2H3,(H,26,29). The lowest BCUT2D eigenvalue weighted by atomic mass is 9.84. The first-order chi connectivity index (χ1) is 14.5. The third-order valence-electron chi connectivity index (χ3n) is 7.63. The topological polar surface area (TPSA) is 44.8 Å². The summed E-state index contributed by atoms with van der Waals surface area (Å²) in [6.45, 7) is 9.65. The number of fused-ring (bicyclic) bond motifs is 2. The number of hydrogen-bond acceptors (Lipinski definition) is 4. The zero-order valence-electron chi connectivity index (χ0n) is 18.4. The van der Waals surface area contributed by atoms with Gasteiger partial charge >= 0.3 is 0 Å². The normalized spacial score (nSPS) is 29.0. The van der Waals surface area contributed by atoms with Gasteiger partial charge in [-0.2, -0.15) is 0 Å². The Labute approximate surface area is 186 Å². The minimum absolute atomic E-state index is 0.0569. The number of nitrogens with zero attached hydrogens (tertiary/aromatic N) is 2. The van der Waals surface area contributed by atoms with Crippen LogP contribution in [-0.2, 0) is 4.79 Å². The van der Waals surface area contributed by atoms with Crippen molar-refractivity contribution in [1.29, 1.82) is 0 Å². The molecule has 166 valence electrons. The molecule has 1 amide bonds. The van der Waals surface area contributed by atoms with Gasteiger partial charge < -0.3 is 10.1 Å². The maximum absolute atomic E-state index is 12.9.